The first-order valence-corrected chi connectivity index (χ1v) is 8.14. The van der Waals surface area contributed by atoms with E-state index in [4.69, 9.17) is 0 Å². The number of sulfonamides is 1. The molecule has 0 fully saturated rings. The molecule has 0 saturated carbocycles. The predicted octanol–water partition coefficient (Wildman–Crippen LogP) is 1.69. The Balaban J connectivity index is 2.58. The maximum atomic E-state index is 12.8. The Kier molecular flexibility index (Phi) is 6.94. The summed E-state index contributed by atoms with van der Waals surface area (Å²) < 4.78 is 39.0. The second-order valence-corrected chi connectivity index (χ2v) is 6.24. The van der Waals surface area contributed by atoms with Crippen LogP contribution in [0.15, 0.2) is 54.5 Å². The van der Waals surface area contributed by atoms with E-state index in [0.29, 0.717) is 13.1 Å². The molecule has 1 amide bonds. The summed E-state index contributed by atoms with van der Waals surface area (Å²) in [5.41, 5.74) is 0. The van der Waals surface area contributed by atoms with Crippen LogP contribution in [0.5, 0.6) is 0 Å². The van der Waals surface area contributed by atoms with Gasteiger partial charge in [-0.25, -0.2) is 17.5 Å². The molecule has 0 bridgehead atoms. The fourth-order valence-corrected chi connectivity index (χ4v) is 2.77. The van der Waals surface area contributed by atoms with Crippen molar-refractivity contribution in [2.24, 2.45) is 0 Å². The van der Waals surface area contributed by atoms with Gasteiger partial charge in [-0.05, 0) is 24.3 Å². The minimum absolute atomic E-state index is 0.0160. The zero-order valence-electron chi connectivity index (χ0n) is 12.2. The lowest BCUT2D eigenvalue weighted by Crippen LogP contribution is -2.34. The van der Waals surface area contributed by atoms with Gasteiger partial charge in [-0.3, -0.25) is 4.79 Å². The van der Waals surface area contributed by atoms with E-state index in [1.54, 1.807) is 12.2 Å². The van der Waals surface area contributed by atoms with E-state index in [0.717, 1.165) is 12.1 Å². The highest BCUT2D eigenvalue weighted by Gasteiger charge is 2.15. The Morgan fingerprint density at radius 1 is 1.18 bits per heavy atom. The maximum Gasteiger partial charge on any atom is 0.240 e. The van der Waals surface area contributed by atoms with Crippen molar-refractivity contribution in [1.29, 1.82) is 0 Å². The Morgan fingerprint density at radius 2 is 1.73 bits per heavy atom. The lowest BCUT2D eigenvalue weighted by atomic mass is 10.3. The number of carbonyl (C=O) groups excluding carboxylic acids is 1. The third-order valence-electron chi connectivity index (χ3n) is 2.81. The van der Waals surface area contributed by atoms with Crippen molar-refractivity contribution in [3.63, 3.8) is 0 Å². The smallest absolute Gasteiger partial charge is 0.240 e. The largest absolute Gasteiger partial charge is 0.335 e. The zero-order chi connectivity index (χ0) is 16.6. The van der Waals surface area contributed by atoms with Gasteiger partial charge in [0, 0.05) is 26.1 Å². The third-order valence-corrected chi connectivity index (χ3v) is 4.28. The van der Waals surface area contributed by atoms with Crippen LogP contribution < -0.4 is 4.72 Å². The molecule has 0 aliphatic carbocycles. The Labute approximate surface area is 130 Å². The summed E-state index contributed by atoms with van der Waals surface area (Å²) in [5.74, 6) is -0.722. The van der Waals surface area contributed by atoms with Crippen LogP contribution in [0, 0.1) is 5.82 Å². The van der Waals surface area contributed by atoms with Crippen LogP contribution in [0.4, 0.5) is 4.39 Å². The number of hydrogen-bond acceptors (Lipinski definition) is 3. The molecule has 0 atom stereocenters. The molecule has 1 aromatic rings. The zero-order valence-corrected chi connectivity index (χ0v) is 13.0. The van der Waals surface area contributed by atoms with Crippen molar-refractivity contribution < 1.29 is 17.6 Å². The molecule has 1 N–H and O–H groups in total. The van der Waals surface area contributed by atoms with Crippen LogP contribution in [-0.4, -0.2) is 38.9 Å². The van der Waals surface area contributed by atoms with E-state index in [2.05, 4.69) is 17.9 Å². The van der Waals surface area contributed by atoms with Crippen LogP contribution in [0.1, 0.15) is 6.42 Å². The quantitative estimate of drug-likeness (QED) is 0.702. The fraction of sp³-hybridized carbons (Fsp3) is 0.267. The van der Waals surface area contributed by atoms with Gasteiger partial charge in [0.05, 0.1) is 4.90 Å². The predicted molar refractivity (Wildman–Crippen MR) is 83.2 cm³/mol. The van der Waals surface area contributed by atoms with Gasteiger partial charge in [0.2, 0.25) is 15.9 Å². The van der Waals surface area contributed by atoms with Crippen LogP contribution >= 0.6 is 0 Å². The first-order chi connectivity index (χ1) is 10.4. The van der Waals surface area contributed by atoms with E-state index < -0.39 is 15.8 Å². The third kappa shape index (κ3) is 5.42. The highest BCUT2D eigenvalue weighted by Crippen LogP contribution is 2.09. The SMILES string of the molecule is C=CCN(CC=C)C(=O)CCNS(=O)(=O)c1ccc(F)cc1. The first kappa shape index (κ1) is 18.1. The molecular weight excluding hydrogens is 307 g/mol. The number of nitrogens with one attached hydrogen (secondary N) is 1. The van der Waals surface area contributed by atoms with Crippen molar-refractivity contribution in [2.45, 2.75) is 11.3 Å². The van der Waals surface area contributed by atoms with Gasteiger partial charge in [0.1, 0.15) is 5.82 Å². The van der Waals surface area contributed by atoms with Gasteiger partial charge in [0.25, 0.3) is 0 Å². The molecule has 0 aliphatic heterocycles. The van der Waals surface area contributed by atoms with Crippen LogP contribution in [0.3, 0.4) is 0 Å². The minimum Gasteiger partial charge on any atom is -0.335 e. The normalized spacial score (nSPS) is 11.0. The number of carbonyl (C=O) groups is 1. The summed E-state index contributed by atoms with van der Waals surface area (Å²) in [6.07, 6.45) is 3.19. The maximum absolute atomic E-state index is 12.8. The second-order valence-electron chi connectivity index (χ2n) is 4.48. The lowest BCUT2D eigenvalue weighted by molar-refractivity contribution is -0.130. The van der Waals surface area contributed by atoms with E-state index in [1.807, 2.05) is 0 Å². The molecule has 0 aromatic heterocycles. The summed E-state index contributed by atoms with van der Waals surface area (Å²) in [7, 11) is -3.75. The molecule has 5 nitrogen and oxygen atoms in total. The Hall–Kier alpha value is -1.99. The summed E-state index contributed by atoms with van der Waals surface area (Å²) in [5, 5.41) is 0. The first-order valence-electron chi connectivity index (χ1n) is 6.65. The van der Waals surface area contributed by atoms with Crippen molar-refractivity contribution in [3.8, 4) is 0 Å². The molecule has 1 aromatic carbocycles. The molecule has 0 saturated heterocycles. The average molecular weight is 326 g/mol. The summed E-state index contributed by atoms with van der Waals surface area (Å²) in [6.45, 7) is 7.83. The van der Waals surface area contributed by atoms with Crippen molar-refractivity contribution in [3.05, 3.63) is 55.4 Å². The van der Waals surface area contributed by atoms with Gasteiger partial charge in [-0.1, -0.05) is 12.2 Å². The molecule has 0 radical (unpaired) electrons. The summed E-state index contributed by atoms with van der Waals surface area (Å²) in [6, 6.07) is 4.47. The van der Waals surface area contributed by atoms with Crippen molar-refractivity contribution >= 4 is 15.9 Å². The van der Waals surface area contributed by atoms with E-state index in [1.165, 1.54) is 17.0 Å². The molecule has 22 heavy (non-hydrogen) atoms. The summed E-state index contributed by atoms with van der Waals surface area (Å²) >= 11 is 0. The van der Waals surface area contributed by atoms with Gasteiger partial charge < -0.3 is 4.90 Å². The highest BCUT2D eigenvalue weighted by molar-refractivity contribution is 7.89. The van der Waals surface area contributed by atoms with Crippen molar-refractivity contribution in [1.82, 2.24) is 9.62 Å². The number of amides is 1. The molecule has 0 unspecified atom stereocenters. The van der Waals surface area contributed by atoms with Gasteiger partial charge in [0.15, 0.2) is 0 Å². The Bertz CT molecular complexity index is 617. The number of rotatable bonds is 9. The highest BCUT2D eigenvalue weighted by atomic mass is 32.2. The number of hydrogen-bond donors (Lipinski definition) is 1. The molecule has 0 spiro atoms. The monoisotopic (exact) mass is 326 g/mol. The van der Waals surface area contributed by atoms with Gasteiger partial charge in [-0.15, -0.1) is 13.2 Å². The van der Waals surface area contributed by atoms with Crippen LogP contribution in [0.25, 0.3) is 0 Å². The summed E-state index contributed by atoms with van der Waals surface area (Å²) in [4.78, 5) is 13.4. The standard InChI is InChI=1S/C15H19FN2O3S/c1-3-11-18(12-4-2)15(19)9-10-17-22(20,21)14-7-5-13(16)6-8-14/h3-8,17H,1-2,9-12H2. The lowest BCUT2D eigenvalue weighted by Gasteiger charge is -2.19. The fourth-order valence-electron chi connectivity index (χ4n) is 1.74. The van der Waals surface area contributed by atoms with Gasteiger partial charge >= 0.3 is 0 Å². The van der Waals surface area contributed by atoms with Crippen LogP contribution in [-0.2, 0) is 14.8 Å². The number of halogens is 1. The molecule has 0 heterocycles. The Morgan fingerprint density at radius 3 is 2.23 bits per heavy atom. The number of benzene rings is 1. The van der Waals surface area contributed by atoms with E-state index >= 15 is 0 Å². The minimum atomic E-state index is -3.75. The molecular formula is C15H19FN2O3S. The van der Waals surface area contributed by atoms with Crippen molar-refractivity contribution in [2.75, 3.05) is 19.6 Å². The van der Waals surface area contributed by atoms with E-state index in [9.17, 15) is 17.6 Å². The average Bonchev–Trinajstić information content (AvgIpc) is 2.47. The molecule has 7 heteroatoms. The number of nitrogens with zero attached hydrogens (tertiary/aromatic N) is 1. The van der Waals surface area contributed by atoms with Crippen LogP contribution in [0.2, 0.25) is 0 Å². The topological polar surface area (TPSA) is 66.5 Å². The second kappa shape index (κ2) is 8.45. The molecule has 1 rings (SSSR count). The molecule has 120 valence electrons. The van der Waals surface area contributed by atoms with E-state index in [-0.39, 0.29) is 23.8 Å². The molecule has 0 aliphatic rings. The van der Waals surface area contributed by atoms with Gasteiger partial charge in [-0.2, -0.15) is 0 Å².